The molecule has 1 aromatic rings. The molecule has 0 aliphatic carbocycles. The molecule has 5 nitrogen and oxygen atoms in total. The summed E-state index contributed by atoms with van der Waals surface area (Å²) in [6.07, 6.45) is 0.506. The van der Waals surface area contributed by atoms with Gasteiger partial charge in [-0.3, -0.25) is 14.9 Å². The summed E-state index contributed by atoms with van der Waals surface area (Å²) in [5.41, 5.74) is 0.471. The molecular formula is C8H7BrN2O3. The highest BCUT2D eigenvalue weighted by atomic mass is 79.9. The topological polar surface area (TPSA) is 72.2 Å². The first kappa shape index (κ1) is 10.6. The molecule has 0 saturated carbocycles. The van der Waals surface area contributed by atoms with Gasteiger partial charge >= 0.3 is 0 Å². The molecule has 0 heterocycles. The molecular weight excluding hydrogens is 252 g/mol. The summed E-state index contributed by atoms with van der Waals surface area (Å²) in [7, 11) is 0. The summed E-state index contributed by atoms with van der Waals surface area (Å²) in [4.78, 5) is 20.2. The smallest absolute Gasteiger partial charge is 0.275 e. The Morgan fingerprint density at radius 3 is 2.86 bits per heavy atom. The average Bonchev–Trinajstić information content (AvgIpc) is 2.15. The van der Waals surface area contributed by atoms with Gasteiger partial charge in [-0.05, 0) is 12.1 Å². The van der Waals surface area contributed by atoms with E-state index in [9.17, 15) is 14.9 Å². The van der Waals surface area contributed by atoms with Crippen LogP contribution in [0.15, 0.2) is 22.7 Å². The van der Waals surface area contributed by atoms with Crippen LogP contribution in [0.1, 0.15) is 5.56 Å². The predicted molar refractivity (Wildman–Crippen MR) is 53.7 cm³/mol. The van der Waals surface area contributed by atoms with Crippen molar-refractivity contribution < 1.29 is 9.72 Å². The van der Waals surface area contributed by atoms with E-state index < -0.39 is 4.92 Å². The lowest BCUT2D eigenvalue weighted by atomic mass is 10.2. The van der Waals surface area contributed by atoms with Crippen molar-refractivity contribution in [3.63, 3.8) is 0 Å². The minimum Gasteiger partial charge on any atom is -0.354 e. The molecule has 1 amide bonds. The zero-order valence-corrected chi connectivity index (χ0v) is 8.65. The number of carbonyl (C=O) groups is 1. The van der Waals surface area contributed by atoms with Crippen molar-refractivity contribution >= 4 is 28.0 Å². The first-order valence-electron chi connectivity index (χ1n) is 3.75. The number of nitro benzene ring substituents is 1. The van der Waals surface area contributed by atoms with Crippen molar-refractivity contribution in [3.05, 3.63) is 38.3 Å². The van der Waals surface area contributed by atoms with Gasteiger partial charge in [0.05, 0.1) is 4.92 Å². The van der Waals surface area contributed by atoms with Crippen molar-refractivity contribution in [2.75, 3.05) is 0 Å². The molecule has 0 aromatic heterocycles. The summed E-state index contributed by atoms with van der Waals surface area (Å²) >= 11 is 3.14. The van der Waals surface area contributed by atoms with Gasteiger partial charge in [0, 0.05) is 22.6 Å². The highest BCUT2D eigenvalue weighted by Crippen LogP contribution is 2.23. The summed E-state index contributed by atoms with van der Waals surface area (Å²) in [6, 6.07) is 4.69. The van der Waals surface area contributed by atoms with E-state index in [4.69, 9.17) is 0 Å². The Labute approximate surface area is 88.4 Å². The predicted octanol–water partition coefficient (Wildman–Crippen LogP) is 1.60. The normalized spacial score (nSPS) is 9.50. The van der Waals surface area contributed by atoms with Crippen LogP contribution in [0, 0.1) is 10.1 Å². The third kappa shape index (κ3) is 2.53. The fraction of sp³-hybridized carbons (Fsp3) is 0.125. The van der Waals surface area contributed by atoms with Gasteiger partial charge in [-0.2, -0.15) is 0 Å². The monoisotopic (exact) mass is 258 g/mol. The zero-order valence-electron chi connectivity index (χ0n) is 7.07. The van der Waals surface area contributed by atoms with Crippen LogP contribution in [0.2, 0.25) is 0 Å². The number of benzene rings is 1. The lowest BCUT2D eigenvalue weighted by Crippen LogP contribution is -2.11. The number of carbonyl (C=O) groups excluding carboxylic acids is 1. The van der Waals surface area contributed by atoms with Gasteiger partial charge in [-0.1, -0.05) is 15.9 Å². The number of hydrogen-bond donors (Lipinski definition) is 1. The van der Waals surface area contributed by atoms with Gasteiger partial charge in [-0.15, -0.1) is 0 Å². The average molecular weight is 259 g/mol. The van der Waals surface area contributed by atoms with Crippen molar-refractivity contribution in [3.8, 4) is 0 Å². The molecule has 14 heavy (non-hydrogen) atoms. The fourth-order valence-corrected chi connectivity index (χ4v) is 1.36. The second-order valence-corrected chi connectivity index (χ2v) is 3.44. The Morgan fingerprint density at radius 2 is 2.29 bits per heavy atom. The molecule has 0 radical (unpaired) electrons. The second-order valence-electron chi connectivity index (χ2n) is 2.53. The lowest BCUT2D eigenvalue weighted by Gasteiger charge is -2.01. The van der Waals surface area contributed by atoms with Crippen molar-refractivity contribution in [1.29, 1.82) is 0 Å². The van der Waals surface area contributed by atoms with E-state index >= 15 is 0 Å². The van der Waals surface area contributed by atoms with E-state index in [0.717, 1.165) is 0 Å². The van der Waals surface area contributed by atoms with Crippen LogP contribution < -0.4 is 5.32 Å². The first-order chi connectivity index (χ1) is 6.65. The molecule has 1 N–H and O–H groups in total. The van der Waals surface area contributed by atoms with Crippen LogP contribution in [0.25, 0.3) is 0 Å². The molecule has 0 atom stereocenters. The van der Waals surface area contributed by atoms with Crippen LogP contribution in [0.5, 0.6) is 0 Å². The lowest BCUT2D eigenvalue weighted by molar-refractivity contribution is -0.385. The van der Waals surface area contributed by atoms with Crippen LogP contribution in [0.3, 0.4) is 0 Å². The van der Waals surface area contributed by atoms with Gasteiger partial charge in [0.1, 0.15) is 0 Å². The van der Waals surface area contributed by atoms with E-state index in [2.05, 4.69) is 21.2 Å². The number of rotatable bonds is 4. The minimum absolute atomic E-state index is 0.00581. The minimum atomic E-state index is -0.480. The number of halogens is 1. The van der Waals surface area contributed by atoms with Crippen LogP contribution >= 0.6 is 15.9 Å². The molecule has 0 spiro atoms. The molecule has 1 aromatic carbocycles. The van der Waals surface area contributed by atoms with Crippen LogP contribution in [-0.2, 0) is 11.3 Å². The third-order valence-corrected chi connectivity index (χ3v) is 2.11. The van der Waals surface area contributed by atoms with Crippen molar-refractivity contribution in [1.82, 2.24) is 5.32 Å². The molecule has 0 fully saturated rings. The highest BCUT2D eigenvalue weighted by Gasteiger charge is 2.12. The Morgan fingerprint density at radius 1 is 1.57 bits per heavy atom. The Balaban J connectivity index is 3.01. The maximum Gasteiger partial charge on any atom is 0.275 e. The Hall–Kier alpha value is -1.43. The van der Waals surface area contributed by atoms with Gasteiger partial charge in [0.25, 0.3) is 5.69 Å². The first-order valence-corrected chi connectivity index (χ1v) is 4.54. The largest absolute Gasteiger partial charge is 0.354 e. The number of nitrogens with zero attached hydrogens (tertiary/aromatic N) is 1. The molecule has 0 bridgehead atoms. The second kappa shape index (κ2) is 4.71. The summed E-state index contributed by atoms with van der Waals surface area (Å²) in [5.74, 6) is 0. The van der Waals surface area contributed by atoms with Gasteiger partial charge in [-0.25, -0.2) is 0 Å². The molecule has 74 valence electrons. The quantitative estimate of drug-likeness (QED) is 0.507. The number of nitro groups is 1. The van der Waals surface area contributed by atoms with Crippen LogP contribution in [-0.4, -0.2) is 11.3 Å². The number of hydrogen-bond acceptors (Lipinski definition) is 3. The highest BCUT2D eigenvalue weighted by molar-refractivity contribution is 9.10. The van der Waals surface area contributed by atoms with E-state index in [1.165, 1.54) is 6.07 Å². The maximum absolute atomic E-state index is 10.6. The van der Waals surface area contributed by atoms with Crippen molar-refractivity contribution in [2.24, 2.45) is 0 Å². The zero-order chi connectivity index (χ0) is 10.6. The molecule has 0 unspecified atom stereocenters. The summed E-state index contributed by atoms with van der Waals surface area (Å²) in [5, 5.41) is 13.0. The molecule has 0 saturated heterocycles. The van der Waals surface area contributed by atoms with Crippen LogP contribution in [0.4, 0.5) is 5.69 Å². The Kier molecular flexibility index (Phi) is 3.58. The summed E-state index contributed by atoms with van der Waals surface area (Å²) < 4.78 is 0.638. The standard InChI is InChI=1S/C8H7BrN2O3/c9-7-2-1-6(4-10-5-12)8(3-7)11(13)14/h1-3,5H,4H2,(H,10,12). The van der Waals surface area contributed by atoms with Crippen molar-refractivity contribution in [2.45, 2.75) is 6.54 Å². The fourth-order valence-electron chi connectivity index (χ4n) is 1.01. The molecule has 1 rings (SSSR count). The van der Waals surface area contributed by atoms with Gasteiger partial charge < -0.3 is 5.32 Å². The SMILES string of the molecule is O=CNCc1ccc(Br)cc1[N+](=O)[O-]. The number of amides is 1. The number of nitrogens with one attached hydrogen (secondary N) is 1. The third-order valence-electron chi connectivity index (χ3n) is 1.62. The summed E-state index contributed by atoms with van der Waals surface area (Å²) in [6.45, 7) is 0.160. The molecule has 0 aliphatic rings. The maximum atomic E-state index is 10.6. The Bertz CT molecular complexity index is 368. The molecule has 0 aliphatic heterocycles. The van der Waals surface area contributed by atoms with E-state index in [1.807, 2.05) is 0 Å². The molecule has 6 heteroatoms. The van der Waals surface area contributed by atoms with E-state index in [-0.39, 0.29) is 12.2 Å². The van der Waals surface area contributed by atoms with Gasteiger partial charge in [0.15, 0.2) is 0 Å². The van der Waals surface area contributed by atoms with E-state index in [0.29, 0.717) is 16.4 Å². The van der Waals surface area contributed by atoms with Gasteiger partial charge in [0.2, 0.25) is 6.41 Å². The van der Waals surface area contributed by atoms with E-state index in [1.54, 1.807) is 12.1 Å².